The topological polar surface area (TPSA) is 35.6 Å². The maximum Gasteiger partial charge on any atom is 0.222 e. The lowest BCUT2D eigenvalue weighted by molar-refractivity contribution is -0.133. The maximum absolute atomic E-state index is 12.3. The molecule has 0 aromatic heterocycles. The number of carbonyl (C=O) groups excluding carboxylic acids is 1. The molecule has 1 amide bonds. The highest BCUT2D eigenvalue weighted by atomic mass is 16.2. The predicted octanol–water partition coefficient (Wildman–Crippen LogP) is 1.46. The molecule has 4 nitrogen and oxygen atoms in total. The molecule has 3 aliphatic heterocycles. The van der Waals surface area contributed by atoms with E-state index in [0.29, 0.717) is 5.91 Å². The zero-order valence-electron chi connectivity index (χ0n) is 12.6. The molecule has 1 atom stereocenters. The molecule has 0 aromatic carbocycles. The van der Waals surface area contributed by atoms with Gasteiger partial charge in [-0.05, 0) is 70.6 Å². The zero-order chi connectivity index (χ0) is 13.8. The summed E-state index contributed by atoms with van der Waals surface area (Å²) in [5.41, 5.74) is 0. The van der Waals surface area contributed by atoms with Crippen molar-refractivity contribution in [3.05, 3.63) is 0 Å². The van der Waals surface area contributed by atoms with E-state index in [1.54, 1.807) is 0 Å². The van der Waals surface area contributed by atoms with Gasteiger partial charge < -0.3 is 15.1 Å². The van der Waals surface area contributed by atoms with E-state index in [2.05, 4.69) is 15.1 Å². The summed E-state index contributed by atoms with van der Waals surface area (Å²) in [5.74, 6) is 1.14. The van der Waals surface area contributed by atoms with Crippen molar-refractivity contribution in [3.8, 4) is 0 Å². The second kappa shape index (κ2) is 6.90. The molecule has 1 unspecified atom stereocenters. The van der Waals surface area contributed by atoms with E-state index in [1.165, 1.54) is 45.2 Å². The minimum Gasteiger partial charge on any atom is -0.343 e. The van der Waals surface area contributed by atoms with Gasteiger partial charge in [0, 0.05) is 25.6 Å². The highest BCUT2D eigenvalue weighted by Gasteiger charge is 2.28. The van der Waals surface area contributed by atoms with Crippen LogP contribution in [0, 0.1) is 5.92 Å². The van der Waals surface area contributed by atoms with Gasteiger partial charge in [0.25, 0.3) is 0 Å². The molecular weight excluding hydrogens is 250 g/mol. The number of hydrogen-bond donors (Lipinski definition) is 1. The number of hydrogen-bond acceptors (Lipinski definition) is 3. The molecule has 0 bridgehead atoms. The van der Waals surface area contributed by atoms with Crippen molar-refractivity contribution in [3.63, 3.8) is 0 Å². The van der Waals surface area contributed by atoms with Crippen molar-refractivity contribution in [1.29, 1.82) is 0 Å². The van der Waals surface area contributed by atoms with Crippen LogP contribution in [0.4, 0.5) is 0 Å². The second-order valence-electron chi connectivity index (χ2n) is 6.75. The van der Waals surface area contributed by atoms with E-state index < -0.39 is 0 Å². The highest BCUT2D eigenvalue weighted by Crippen LogP contribution is 2.22. The van der Waals surface area contributed by atoms with Gasteiger partial charge in [0.05, 0.1) is 0 Å². The third-order valence-corrected chi connectivity index (χ3v) is 5.40. The quantitative estimate of drug-likeness (QED) is 0.846. The Labute approximate surface area is 122 Å². The Kier molecular flexibility index (Phi) is 4.94. The van der Waals surface area contributed by atoms with Crippen LogP contribution in [0.5, 0.6) is 0 Å². The van der Waals surface area contributed by atoms with Gasteiger partial charge in [-0.25, -0.2) is 0 Å². The van der Waals surface area contributed by atoms with Gasteiger partial charge in [0.15, 0.2) is 0 Å². The molecule has 114 valence electrons. The molecule has 1 N–H and O–H groups in total. The second-order valence-corrected chi connectivity index (χ2v) is 6.75. The number of rotatable bonds is 4. The van der Waals surface area contributed by atoms with Crippen molar-refractivity contribution in [2.75, 3.05) is 39.3 Å². The van der Waals surface area contributed by atoms with Crippen LogP contribution in [0.1, 0.15) is 44.9 Å². The first kappa shape index (κ1) is 14.3. The van der Waals surface area contributed by atoms with Crippen LogP contribution in [-0.4, -0.2) is 61.0 Å². The van der Waals surface area contributed by atoms with Crippen LogP contribution < -0.4 is 5.32 Å². The number of nitrogens with one attached hydrogen (secondary N) is 1. The fourth-order valence-corrected chi connectivity index (χ4v) is 4.03. The van der Waals surface area contributed by atoms with E-state index in [-0.39, 0.29) is 0 Å². The molecule has 4 heteroatoms. The SMILES string of the molecule is O=C(CCC1CCNC1)N1CCC(N2CCCC2)CC1. The zero-order valence-corrected chi connectivity index (χ0v) is 12.6. The van der Waals surface area contributed by atoms with Gasteiger partial charge in [-0.1, -0.05) is 0 Å². The Morgan fingerprint density at radius 3 is 2.45 bits per heavy atom. The highest BCUT2D eigenvalue weighted by molar-refractivity contribution is 5.76. The van der Waals surface area contributed by atoms with Crippen molar-refractivity contribution in [2.45, 2.75) is 51.0 Å². The first-order chi connectivity index (χ1) is 9.83. The Morgan fingerprint density at radius 1 is 1.05 bits per heavy atom. The summed E-state index contributed by atoms with van der Waals surface area (Å²) in [7, 11) is 0. The van der Waals surface area contributed by atoms with E-state index in [4.69, 9.17) is 0 Å². The standard InChI is InChI=1S/C16H29N3O/c20-16(4-3-14-5-8-17-13-14)19-11-6-15(7-12-19)18-9-1-2-10-18/h14-15,17H,1-13H2. The fraction of sp³-hybridized carbons (Fsp3) is 0.938. The smallest absolute Gasteiger partial charge is 0.222 e. The van der Waals surface area contributed by atoms with E-state index in [1.807, 2.05) is 0 Å². The number of nitrogens with zero attached hydrogens (tertiary/aromatic N) is 2. The van der Waals surface area contributed by atoms with Gasteiger partial charge in [0.1, 0.15) is 0 Å². The lowest BCUT2D eigenvalue weighted by Gasteiger charge is -2.36. The van der Waals surface area contributed by atoms with Crippen LogP contribution in [0.25, 0.3) is 0 Å². The number of carbonyl (C=O) groups is 1. The average Bonchev–Trinajstić information content (AvgIpc) is 3.18. The molecule has 3 fully saturated rings. The molecule has 0 aliphatic carbocycles. The summed E-state index contributed by atoms with van der Waals surface area (Å²) >= 11 is 0. The summed E-state index contributed by atoms with van der Waals surface area (Å²) in [6.07, 6.45) is 8.22. The van der Waals surface area contributed by atoms with E-state index >= 15 is 0 Å². The normalized spacial score (nSPS) is 29.2. The number of piperidine rings is 1. The molecular formula is C16H29N3O. The van der Waals surface area contributed by atoms with Crippen molar-refractivity contribution in [2.24, 2.45) is 5.92 Å². The van der Waals surface area contributed by atoms with Crippen molar-refractivity contribution >= 4 is 5.91 Å². The Hall–Kier alpha value is -0.610. The maximum atomic E-state index is 12.3. The molecule has 3 rings (SSSR count). The summed E-state index contributed by atoms with van der Waals surface area (Å²) in [6.45, 7) is 6.80. The summed E-state index contributed by atoms with van der Waals surface area (Å²) < 4.78 is 0. The van der Waals surface area contributed by atoms with Crippen LogP contribution >= 0.6 is 0 Å². The first-order valence-electron chi connectivity index (χ1n) is 8.55. The average molecular weight is 279 g/mol. The Balaban J connectivity index is 1.37. The summed E-state index contributed by atoms with van der Waals surface area (Å²) in [5, 5.41) is 3.38. The van der Waals surface area contributed by atoms with Crippen LogP contribution in [0.3, 0.4) is 0 Å². The first-order valence-corrected chi connectivity index (χ1v) is 8.55. The van der Waals surface area contributed by atoms with Gasteiger partial charge in [-0.3, -0.25) is 4.79 Å². The monoisotopic (exact) mass is 279 g/mol. The lowest BCUT2D eigenvalue weighted by atomic mass is 10.00. The molecule has 0 aromatic rings. The third-order valence-electron chi connectivity index (χ3n) is 5.40. The molecule has 3 saturated heterocycles. The lowest BCUT2D eigenvalue weighted by Crippen LogP contribution is -2.45. The molecule has 20 heavy (non-hydrogen) atoms. The summed E-state index contributed by atoms with van der Waals surface area (Å²) in [4.78, 5) is 17.0. The number of amides is 1. The number of likely N-dealkylation sites (tertiary alicyclic amines) is 2. The van der Waals surface area contributed by atoms with Gasteiger partial charge >= 0.3 is 0 Å². The predicted molar refractivity (Wildman–Crippen MR) is 80.6 cm³/mol. The molecule has 0 radical (unpaired) electrons. The van der Waals surface area contributed by atoms with Gasteiger partial charge in [0.2, 0.25) is 5.91 Å². The van der Waals surface area contributed by atoms with E-state index in [0.717, 1.165) is 51.0 Å². The fourth-order valence-electron chi connectivity index (χ4n) is 4.03. The van der Waals surface area contributed by atoms with Crippen molar-refractivity contribution in [1.82, 2.24) is 15.1 Å². The third kappa shape index (κ3) is 3.53. The van der Waals surface area contributed by atoms with Crippen LogP contribution in [0.2, 0.25) is 0 Å². The Morgan fingerprint density at radius 2 is 1.80 bits per heavy atom. The molecule has 3 heterocycles. The van der Waals surface area contributed by atoms with E-state index in [9.17, 15) is 4.79 Å². The minimum atomic E-state index is 0.400. The molecule has 0 spiro atoms. The minimum absolute atomic E-state index is 0.400. The molecule has 3 aliphatic rings. The summed E-state index contributed by atoms with van der Waals surface area (Å²) in [6, 6.07) is 0.751. The van der Waals surface area contributed by atoms with Crippen LogP contribution in [-0.2, 0) is 4.79 Å². The van der Waals surface area contributed by atoms with Crippen molar-refractivity contribution < 1.29 is 4.79 Å². The van der Waals surface area contributed by atoms with Gasteiger partial charge in [-0.2, -0.15) is 0 Å². The van der Waals surface area contributed by atoms with Crippen LogP contribution in [0.15, 0.2) is 0 Å². The molecule has 0 saturated carbocycles. The largest absolute Gasteiger partial charge is 0.343 e. The Bertz CT molecular complexity index is 314. The van der Waals surface area contributed by atoms with Gasteiger partial charge in [-0.15, -0.1) is 0 Å².